The van der Waals surface area contributed by atoms with Crippen LogP contribution in [0.15, 0.2) is 36.4 Å². The Kier molecular flexibility index (Phi) is 8.13. The van der Waals surface area contributed by atoms with Crippen molar-refractivity contribution in [2.75, 3.05) is 6.54 Å². The minimum absolute atomic E-state index is 0.288. The van der Waals surface area contributed by atoms with Crippen molar-refractivity contribution in [1.29, 1.82) is 0 Å². The zero-order valence-electron chi connectivity index (χ0n) is 13.1. The molecule has 0 heterocycles. The number of rotatable bonds is 9. The van der Waals surface area contributed by atoms with E-state index in [1.54, 1.807) is 6.08 Å². The van der Waals surface area contributed by atoms with Crippen molar-refractivity contribution in [3.05, 3.63) is 42.0 Å². The van der Waals surface area contributed by atoms with E-state index >= 15 is 0 Å². The summed E-state index contributed by atoms with van der Waals surface area (Å²) >= 11 is 0. The lowest BCUT2D eigenvalue weighted by atomic mass is 10.2. The summed E-state index contributed by atoms with van der Waals surface area (Å²) in [4.78, 5) is 34.6. The van der Waals surface area contributed by atoms with Crippen LogP contribution in [0.2, 0.25) is 0 Å². The van der Waals surface area contributed by atoms with Crippen molar-refractivity contribution in [3.63, 3.8) is 0 Å². The highest BCUT2D eigenvalue weighted by Gasteiger charge is 2.22. The summed E-state index contributed by atoms with van der Waals surface area (Å²) in [5.41, 5.74) is 0.826. The summed E-state index contributed by atoms with van der Waals surface area (Å²) in [7, 11) is 0. The lowest BCUT2D eigenvalue weighted by Crippen LogP contribution is -2.43. The first-order valence-electron chi connectivity index (χ1n) is 7.56. The summed E-state index contributed by atoms with van der Waals surface area (Å²) in [6, 6.07) is 7.91. The Morgan fingerprint density at radius 2 is 1.91 bits per heavy atom. The van der Waals surface area contributed by atoms with Gasteiger partial charge in [-0.2, -0.15) is 0 Å². The molecule has 6 nitrogen and oxygen atoms in total. The molecule has 3 N–H and O–H groups in total. The second-order valence-electron chi connectivity index (χ2n) is 5.05. The number of unbranched alkanes of at least 4 members (excludes halogenated alkanes) is 1. The molecule has 0 bridgehead atoms. The molecule has 0 saturated carbocycles. The number of nitrogens with one attached hydrogen (secondary N) is 2. The van der Waals surface area contributed by atoms with E-state index in [1.807, 2.05) is 37.3 Å². The van der Waals surface area contributed by atoms with Crippen molar-refractivity contribution in [1.82, 2.24) is 10.6 Å². The first-order chi connectivity index (χ1) is 11.0. The third kappa shape index (κ3) is 7.80. The van der Waals surface area contributed by atoms with Gasteiger partial charge in [-0.25, -0.2) is 4.79 Å². The van der Waals surface area contributed by atoms with E-state index < -0.39 is 23.8 Å². The maximum atomic E-state index is 11.8. The minimum atomic E-state index is -1.25. The van der Waals surface area contributed by atoms with E-state index in [4.69, 9.17) is 5.11 Å². The van der Waals surface area contributed by atoms with Gasteiger partial charge in [0, 0.05) is 12.6 Å². The van der Waals surface area contributed by atoms with Gasteiger partial charge in [0.15, 0.2) is 0 Å². The van der Waals surface area contributed by atoms with Gasteiger partial charge in [0.05, 0.1) is 6.42 Å². The number of hydrogen-bond donors (Lipinski definition) is 3. The van der Waals surface area contributed by atoms with Gasteiger partial charge in [0.1, 0.15) is 6.04 Å². The van der Waals surface area contributed by atoms with Crippen molar-refractivity contribution in [2.45, 2.75) is 32.2 Å². The zero-order chi connectivity index (χ0) is 17.1. The smallest absolute Gasteiger partial charge is 0.326 e. The fraction of sp³-hybridized carbons (Fsp3) is 0.353. The Bertz CT molecular complexity index is 555. The third-order valence-electron chi connectivity index (χ3n) is 3.08. The van der Waals surface area contributed by atoms with E-state index in [0.717, 1.165) is 18.4 Å². The highest BCUT2D eigenvalue weighted by atomic mass is 16.4. The minimum Gasteiger partial charge on any atom is -0.480 e. The molecule has 0 radical (unpaired) electrons. The highest BCUT2D eigenvalue weighted by molar-refractivity contribution is 5.95. The Morgan fingerprint density at radius 1 is 1.22 bits per heavy atom. The normalized spacial score (nSPS) is 11.9. The lowest BCUT2D eigenvalue weighted by Gasteiger charge is -2.13. The molecule has 2 amide bonds. The number of carbonyl (C=O) groups is 3. The van der Waals surface area contributed by atoms with Crippen LogP contribution < -0.4 is 10.6 Å². The number of amides is 2. The summed E-state index contributed by atoms with van der Waals surface area (Å²) in [6.07, 6.45) is 4.30. The maximum Gasteiger partial charge on any atom is 0.326 e. The monoisotopic (exact) mass is 318 g/mol. The van der Waals surface area contributed by atoms with E-state index in [-0.39, 0.29) is 6.42 Å². The molecule has 0 saturated heterocycles. The molecule has 1 aromatic carbocycles. The molecular formula is C17H22N2O4. The number of carboxylic acid groups (broad SMARTS) is 1. The summed E-state index contributed by atoms with van der Waals surface area (Å²) in [5.74, 6) is -2.18. The molecule has 0 unspecified atom stereocenters. The maximum absolute atomic E-state index is 11.8. The van der Waals surface area contributed by atoms with Crippen molar-refractivity contribution in [3.8, 4) is 0 Å². The van der Waals surface area contributed by atoms with E-state index in [1.165, 1.54) is 6.08 Å². The average molecular weight is 318 g/mol. The molecule has 124 valence electrons. The van der Waals surface area contributed by atoms with Crippen LogP contribution in [0.4, 0.5) is 0 Å². The molecule has 23 heavy (non-hydrogen) atoms. The molecular weight excluding hydrogens is 296 g/mol. The highest BCUT2D eigenvalue weighted by Crippen LogP contribution is 2.01. The Balaban J connectivity index is 2.51. The van der Waals surface area contributed by atoms with Crippen LogP contribution in [0, 0.1) is 0 Å². The molecule has 0 spiro atoms. The first kappa shape index (κ1) is 18.4. The van der Waals surface area contributed by atoms with Crippen LogP contribution >= 0.6 is 0 Å². The average Bonchev–Trinajstić information content (AvgIpc) is 2.53. The van der Waals surface area contributed by atoms with Crippen LogP contribution in [-0.2, 0) is 14.4 Å². The standard InChI is InChI=1S/C17H22N2O4/c1-2-3-11-18-16(21)12-14(17(22)23)19-15(20)10-9-13-7-5-4-6-8-13/h4-10,14H,2-3,11-12H2,1H3,(H,18,21)(H,19,20)(H,22,23)/b10-9+/t14-/m1/s1. The van der Waals surface area contributed by atoms with E-state index in [9.17, 15) is 14.4 Å². The summed E-state index contributed by atoms with van der Waals surface area (Å²) in [5, 5.41) is 14.1. The number of carbonyl (C=O) groups excluding carboxylic acids is 2. The van der Waals surface area contributed by atoms with Gasteiger partial charge in [-0.3, -0.25) is 9.59 Å². The largest absolute Gasteiger partial charge is 0.480 e. The summed E-state index contributed by atoms with van der Waals surface area (Å²) < 4.78 is 0. The number of aliphatic carboxylic acids is 1. The molecule has 0 aliphatic heterocycles. The Morgan fingerprint density at radius 3 is 2.52 bits per heavy atom. The van der Waals surface area contributed by atoms with E-state index in [0.29, 0.717) is 6.54 Å². The Labute approximate surface area is 135 Å². The third-order valence-corrected chi connectivity index (χ3v) is 3.08. The molecule has 0 fully saturated rings. The number of hydrogen-bond acceptors (Lipinski definition) is 3. The van der Waals surface area contributed by atoms with Crippen LogP contribution in [-0.4, -0.2) is 35.5 Å². The molecule has 1 atom stereocenters. The predicted octanol–water partition coefficient (Wildman–Crippen LogP) is 1.58. The van der Waals surface area contributed by atoms with Crippen LogP contribution in [0.25, 0.3) is 6.08 Å². The Hall–Kier alpha value is -2.63. The van der Waals surface area contributed by atoms with Crippen LogP contribution in [0.1, 0.15) is 31.7 Å². The second kappa shape index (κ2) is 10.2. The van der Waals surface area contributed by atoms with E-state index in [2.05, 4.69) is 10.6 Å². The SMILES string of the molecule is CCCCNC(=O)C[C@@H](NC(=O)/C=C/c1ccccc1)C(=O)O. The molecule has 0 aromatic heterocycles. The van der Waals surface area contributed by atoms with Gasteiger partial charge in [0.2, 0.25) is 11.8 Å². The lowest BCUT2D eigenvalue weighted by molar-refractivity contribution is -0.143. The van der Waals surface area contributed by atoms with Crippen LogP contribution in [0.5, 0.6) is 0 Å². The van der Waals surface area contributed by atoms with Gasteiger partial charge >= 0.3 is 5.97 Å². The van der Waals surface area contributed by atoms with Crippen LogP contribution in [0.3, 0.4) is 0 Å². The topological polar surface area (TPSA) is 95.5 Å². The quantitative estimate of drug-likeness (QED) is 0.476. The van der Waals surface area contributed by atoms with Crippen molar-refractivity contribution < 1.29 is 19.5 Å². The zero-order valence-corrected chi connectivity index (χ0v) is 13.1. The molecule has 0 aliphatic rings. The number of carboxylic acids is 1. The van der Waals surface area contributed by atoms with Gasteiger partial charge in [-0.15, -0.1) is 0 Å². The number of benzene rings is 1. The van der Waals surface area contributed by atoms with Crippen molar-refractivity contribution in [2.24, 2.45) is 0 Å². The van der Waals surface area contributed by atoms with Gasteiger partial charge in [-0.1, -0.05) is 43.7 Å². The molecule has 1 rings (SSSR count). The first-order valence-corrected chi connectivity index (χ1v) is 7.56. The van der Waals surface area contributed by atoms with Gasteiger partial charge in [0.25, 0.3) is 0 Å². The van der Waals surface area contributed by atoms with Crippen molar-refractivity contribution >= 4 is 23.9 Å². The second-order valence-corrected chi connectivity index (χ2v) is 5.05. The molecule has 0 aliphatic carbocycles. The predicted molar refractivity (Wildman–Crippen MR) is 87.6 cm³/mol. The molecule has 1 aromatic rings. The fourth-order valence-corrected chi connectivity index (χ4v) is 1.82. The van der Waals surface area contributed by atoms with Gasteiger partial charge < -0.3 is 15.7 Å². The molecule has 6 heteroatoms. The van der Waals surface area contributed by atoms with Gasteiger partial charge in [-0.05, 0) is 18.1 Å². The fourth-order valence-electron chi connectivity index (χ4n) is 1.82. The summed E-state index contributed by atoms with van der Waals surface area (Å²) in [6.45, 7) is 2.50.